The van der Waals surface area contributed by atoms with Crippen LogP contribution in [0, 0.1) is 23.6 Å². The van der Waals surface area contributed by atoms with E-state index in [4.69, 9.17) is 11.6 Å². The Labute approximate surface area is 176 Å². The number of nitrogens with one attached hydrogen (secondary N) is 1. The number of halogens is 2. The molecule has 3 atom stereocenters. The van der Waals surface area contributed by atoms with E-state index in [9.17, 15) is 14.0 Å². The van der Waals surface area contributed by atoms with Gasteiger partial charge in [-0.2, -0.15) is 0 Å². The first kappa shape index (κ1) is 20.6. The van der Waals surface area contributed by atoms with Crippen molar-refractivity contribution in [3.05, 3.63) is 34.6 Å². The summed E-state index contributed by atoms with van der Waals surface area (Å²) in [5, 5.41) is 3.31. The number of carbonyl (C=O) groups excluding carboxylic acids is 2. The third-order valence-corrected chi connectivity index (χ3v) is 7.50. The first-order valence-electron chi connectivity index (χ1n) is 10.6. The van der Waals surface area contributed by atoms with Gasteiger partial charge in [-0.15, -0.1) is 0 Å². The Morgan fingerprint density at radius 1 is 1.34 bits per heavy atom. The van der Waals surface area contributed by atoms with E-state index in [1.54, 1.807) is 11.0 Å². The molecule has 1 aromatic rings. The third-order valence-electron chi connectivity index (χ3n) is 7.19. The highest BCUT2D eigenvalue weighted by molar-refractivity contribution is 6.30. The molecule has 3 saturated heterocycles. The van der Waals surface area contributed by atoms with Crippen molar-refractivity contribution in [2.45, 2.75) is 38.6 Å². The molecule has 2 amide bonds. The molecule has 3 aliphatic rings. The Hall–Kier alpha value is -1.66. The number of likely N-dealkylation sites (tertiary alicyclic amines) is 2. The van der Waals surface area contributed by atoms with Crippen molar-refractivity contribution >= 4 is 23.4 Å². The van der Waals surface area contributed by atoms with Crippen LogP contribution in [0.3, 0.4) is 0 Å². The molecular weight excluding hydrogens is 393 g/mol. The molecule has 29 heavy (non-hydrogen) atoms. The van der Waals surface area contributed by atoms with Crippen LogP contribution in [-0.4, -0.2) is 59.9 Å². The van der Waals surface area contributed by atoms with Crippen molar-refractivity contribution in [2.75, 3.05) is 32.7 Å². The van der Waals surface area contributed by atoms with Gasteiger partial charge in [0.25, 0.3) is 5.91 Å². The summed E-state index contributed by atoms with van der Waals surface area (Å²) in [6, 6.07) is 4.18. The topological polar surface area (TPSA) is 52.7 Å². The second kappa shape index (κ2) is 7.88. The molecule has 0 bridgehead atoms. The normalized spacial score (nSPS) is 27.2. The minimum Gasteiger partial charge on any atom is -0.350 e. The van der Waals surface area contributed by atoms with Crippen LogP contribution in [-0.2, 0) is 4.79 Å². The zero-order valence-corrected chi connectivity index (χ0v) is 17.8. The molecule has 0 saturated carbocycles. The fourth-order valence-corrected chi connectivity index (χ4v) is 5.39. The van der Waals surface area contributed by atoms with E-state index in [-0.39, 0.29) is 28.3 Å². The first-order chi connectivity index (χ1) is 13.8. The molecule has 1 unspecified atom stereocenters. The Kier molecular flexibility index (Phi) is 5.60. The van der Waals surface area contributed by atoms with E-state index in [1.165, 1.54) is 12.1 Å². The molecule has 4 rings (SSSR count). The maximum Gasteiger partial charge on any atom is 0.253 e. The van der Waals surface area contributed by atoms with Gasteiger partial charge in [0.2, 0.25) is 5.91 Å². The highest BCUT2D eigenvalue weighted by Gasteiger charge is 2.57. The maximum absolute atomic E-state index is 13.7. The second-order valence-electron chi connectivity index (χ2n) is 9.01. The molecule has 3 heterocycles. The third kappa shape index (κ3) is 3.77. The lowest BCUT2D eigenvalue weighted by atomic mass is 9.75. The summed E-state index contributed by atoms with van der Waals surface area (Å²) in [4.78, 5) is 29.7. The van der Waals surface area contributed by atoms with Crippen LogP contribution >= 0.6 is 11.6 Å². The summed E-state index contributed by atoms with van der Waals surface area (Å²) in [5.41, 5.74) is 0.102. The van der Waals surface area contributed by atoms with Gasteiger partial charge in [-0.1, -0.05) is 31.9 Å². The number of rotatable bonds is 4. The number of hydrogen-bond donors (Lipinski definition) is 1. The summed E-state index contributed by atoms with van der Waals surface area (Å²) in [5.74, 6) is 0.412. The van der Waals surface area contributed by atoms with Crippen LogP contribution in [0.25, 0.3) is 0 Å². The molecule has 1 aromatic carbocycles. The number of amides is 2. The van der Waals surface area contributed by atoms with Crippen molar-refractivity contribution in [3.63, 3.8) is 0 Å². The van der Waals surface area contributed by atoms with Crippen LogP contribution in [0.2, 0.25) is 5.02 Å². The SMILES string of the molecule is CCC(C)CN1C[C@H]2C(=O)NC3(CCN(C(=O)c4ccc(Cl)c(F)c4)CC3)[C@H]2C1. The summed E-state index contributed by atoms with van der Waals surface area (Å²) < 4.78 is 13.7. The van der Waals surface area contributed by atoms with Gasteiger partial charge >= 0.3 is 0 Å². The number of piperidine rings is 1. The molecule has 0 radical (unpaired) electrons. The van der Waals surface area contributed by atoms with E-state index in [0.717, 1.165) is 38.9 Å². The molecule has 0 aliphatic carbocycles. The van der Waals surface area contributed by atoms with Gasteiger partial charge in [0.1, 0.15) is 5.82 Å². The fraction of sp³-hybridized carbons (Fsp3) is 0.636. The molecular formula is C22H29ClFN3O2. The van der Waals surface area contributed by atoms with Gasteiger partial charge in [0.05, 0.1) is 10.9 Å². The Morgan fingerprint density at radius 2 is 2.07 bits per heavy atom. The molecule has 1 N–H and O–H groups in total. The zero-order valence-electron chi connectivity index (χ0n) is 17.1. The van der Waals surface area contributed by atoms with Gasteiger partial charge in [-0.05, 0) is 37.0 Å². The number of hydrogen-bond acceptors (Lipinski definition) is 3. The molecule has 5 nitrogen and oxygen atoms in total. The van der Waals surface area contributed by atoms with Crippen LogP contribution in [0.1, 0.15) is 43.5 Å². The first-order valence-corrected chi connectivity index (χ1v) is 11.0. The summed E-state index contributed by atoms with van der Waals surface area (Å²) >= 11 is 5.73. The minimum atomic E-state index is -0.579. The van der Waals surface area contributed by atoms with E-state index in [2.05, 4.69) is 24.1 Å². The van der Waals surface area contributed by atoms with Crippen molar-refractivity contribution < 1.29 is 14.0 Å². The predicted octanol–water partition coefficient (Wildman–Crippen LogP) is 3.18. The van der Waals surface area contributed by atoms with Gasteiger partial charge in [0.15, 0.2) is 0 Å². The maximum atomic E-state index is 13.7. The van der Waals surface area contributed by atoms with E-state index in [0.29, 0.717) is 30.5 Å². The number of nitrogens with zero attached hydrogens (tertiary/aromatic N) is 2. The van der Waals surface area contributed by atoms with Gasteiger partial charge < -0.3 is 15.1 Å². The van der Waals surface area contributed by atoms with E-state index in [1.807, 2.05) is 0 Å². The molecule has 7 heteroatoms. The standard InChI is InChI=1S/C22H29ClFN3O2/c1-3-14(2)11-26-12-16-17(13-26)22(25-20(16)28)6-8-27(9-7-22)21(29)15-4-5-18(23)19(24)10-15/h4-5,10,14,16-17H,3,6-9,11-13H2,1-2H3,(H,25,28)/t14?,16-,17+/m1/s1. The Bertz CT molecular complexity index is 809. The predicted molar refractivity (Wildman–Crippen MR) is 110 cm³/mol. The molecule has 3 fully saturated rings. The van der Waals surface area contributed by atoms with Crippen LogP contribution in [0.4, 0.5) is 4.39 Å². The number of fused-ring (bicyclic) bond motifs is 2. The lowest BCUT2D eigenvalue weighted by Crippen LogP contribution is -2.56. The number of carbonyl (C=O) groups is 2. The second-order valence-corrected chi connectivity index (χ2v) is 9.42. The average molecular weight is 422 g/mol. The molecule has 1 spiro atoms. The van der Waals surface area contributed by atoms with Gasteiger partial charge in [-0.25, -0.2) is 4.39 Å². The summed E-state index contributed by atoms with van der Waals surface area (Å²) in [6.07, 6.45) is 2.64. The van der Waals surface area contributed by atoms with Crippen LogP contribution in [0.15, 0.2) is 18.2 Å². The summed E-state index contributed by atoms with van der Waals surface area (Å²) in [7, 11) is 0. The monoisotopic (exact) mass is 421 g/mol. The molecule has 0 aromatic heterocycles. The van der Waals surface area contributed by atoms with Crippen molar-refractivity contribution in [1.82, 2.24) is 15.1 Å². The largest absolute Gasteiger partial charge is 0.350 e. The highest BCUT2D eigenvalue weighted by Crippen LogP contribution is 2.44. The van der Waals surface area contributed by atoms with Crippen LogP contribution < -0.4 is 5.32 Å². The average Bonchev–Trinajstić information content (AvgIpc) is 3.23. The highest BCUT2D eigenvalue weighted by atomic mass is 35.5. The molecule has 158 valence electrons. The Balaban J connectivity index is 1.42. The van der Waals surface area contributed by atoms with Crippen molar-refractivity contribution in [3.8, 4) is 0 Å². The summed E-state index contributed by atoms with van der Waals surface area (Å²) in [6.45, 7) is 8.43. The fourth-order valence-electron chi connectivity index (χ4n) is 5.28. The minimum absolute atomic E-state index is 0.0158. The van der Waals surface area contributed by atoms with Crippen molar-refractivity contribution in [2.24, 2.45) is 17.8 Å². The van der Waals surface area contributed by atoms with Crippen molar-refractivity contribution in [1.29, 1.82) is 0 Å². The quantitative estimate of drug-likeness (QED) is 0.812. The molecule has 3 aliphatic heterocycles. The van der Waals surface area contributed by atoms with Gasteiger partial charge in [-0.3, -0.25) is 9.59 Å². The Morgan fingerprint density at radius 3 is 2.72 bits per heavy atom. The smallest absolute Gasteiger partial charge is 0.253 e. The van der Waals surface area contributed by atoms with E-state index < -0.39 is 5.82 Å². The lowest BCUT2D eigenvalue weighted by Gasteiger charge is -2.43. The zero-order chi connectivity index (χ0) is 20.8. The van der Waals surface area contributed by atoms with E-state index >= 15 is 0 Å². The lowest BCUT2D eigenvalue weighted by molar-refractivity contribution is -0.123. The number of benzene rings is 1. The van der Waals surface area contributed by atoms with Crippen LogP contribution in [0.5, 0.6) is 0 Å². The van der Waals surface area contributed by atoms with Gasteiger partial charge in [0, 0.05) is 49.7 Å².